The van der Waals surface area contributed by atoms with Crippen LogP contribution in [-0.4, -0.2) is 20.8 Å². The number of aryl methyl sites for hydroxylation is 2. The van der Waals surface area contributed by atoms with Crippen molar-refractivity contribution in [3.05, 3.63) is 35.0 Å². The molecule has 0 spiro atoms. The number of carbonyl (C=O) groups is 1. The first kappa shape index (κ1) is 14.8. The van der Waals surface area contributed by atoms with Gasteiger partial charge in [-0.1, -0.05) is 12.1 Å². The quantitative estimate of drug-likeness (QED) is 0.942. The van der Waals surface area contributed by atoms with E-state index in [1.54, 1.807) is 6.20 Å². The van der Waals surface area contributed by atoms with Gasteiger partial charge < -0.3 is 9.84 Å². The van der Waals surface area contributed by atoms with Gasteiger partial charge >= 0.3 is 0 Å². The number of carbonyl (C=O) groups excluding carboxylic acids is 1. The Bertz CT molecular complexity index is 673. The molecule has 2 heterocycles. The van der Waals surface area contributed by atoms with E-state index in [9.17, 15) is 4.79 Å². The van der Waals surface area contributed by atoms with E-state index >= 15 is 0 Å². The summed E-state index contributed by atoms with van der Waals surface area (Å²) < 4.78 is 7.23. The summed E-state index contributed by atoms with van der Waals surface area (Å²) in [6.45, 7) is 6.95. The van der Waals surface area contributed by atoms with Crippen molar-refractivity contribution in [2.45, 2.75) is 52.6 Å². The lowest BCUT2D eigenvalue weighted by molar-refractivity contribution is 0.0928. The highest BCUT2D eigenvalue weighted by molar-refractivity contribution is 5.94. The number of nitrogens with one attached hydrogen (secondary N) is 1. The topological polar surface area (TPSA) is 73.0 Å². The largest absolute Gasteiger partial charge is 0.360 e. The third-order valence-corrected chi connectivity index (χ3v) is 4.34. The van der Waals surface area contributed by atoms with Crippen molar-refractivity contribution in [1.29, 1.82) is 0 Å². The standard InChI is InChI=1S/C16H22N4O2/c1-4-20-13(7-8-17-20)11(3)18-16(21)15-12-9-10(2)5-6-14(12)22-19-15/h7-8,10-11H,4-6,9H2,1-3H3,(H,18,21)/t10-,11-/m1/s1. The van der Waals surface area contributed by atoms with E-state index in [1.807, 2.05) is 24.6 Å². The lowest BCUT2D eigenvalue weighted by atomic mass is 9.88. The Morgan fingerprint density at radius 2 is 2.41 bits per heavy atom. The average Bonchev–Trinajstić information content (AvgIpc) is 3.12. The van der Waals surface area contributed by atoms with Crippen molar-refractivity contribution in [3.63, 3.8) is 0 Å². The summed E-state index contributed by atoms with van der Waals surface area (Å²) in [5, 5.41) is 11.2. The molecule has 1 aliphatic carbocycles. The van der Waals surface area contributed by atoms with Gasteiger partial charge in [0.25, 0.3) is 5.91 Å². The molecule has 0 radical (unpaired) electrons. The number of aromatic nitrogens is 3. The van der Waals surface area contributed by atoms with Crippen LogP contribution >= 0.6 is 0 Å². The Morgan fingerprint density at radius 1 is 1.59 bits per heavy atom. The summed E-state index contributed by atoms with van der Waals surface area (Å²) in [6.07, 6.45) is 4.58. The fourth-order valence-electron chi connectivity index (χ4n) is 3.07. The molecule has 0 bridgehead atoms. The second kappa shape index (κ2) is 5.94. The van der Waals surface area contributed by atoms with Crippen LogP contribution in [0.1, 0.15) is 60.7 Å². The molecule has 0 unspecified atom stereocenters. The molecule has 1 amide bonds. The second-order valence-corrected chi connectivity index (χ2v) is 6.05. The van der Waals surface area contributed by atoms with Crippen LogP contribution in [0.25, 0.3) is 0 Å². The van der Waals surface area contributed by atoms with Crippen molar-refractivity contribution in [1.82, 2.24) is 20.3 Å². The monoisotopic (exact) mass is 302 g/mol. The van der Waals surface area contributed by atoms with Gasteiger partial charge in [0.05, 0.1) is 11.7 Å². The number of amides is 1. The van der Waals surface area contributed by atoms with Crippen LogP contribution < -0.4 is 5.32 Å². The van der Waals surface area contributed by atoms with Crippen LogP contribution in [0.3, 0.4) is 0 Å². The summed E-state index contributed by atoms with van der Waals surface area (Å²) >= 11 is 0. The van der Waals surface area contributed by atoms with Crippen molar-refractivity contribution >= 4 is 5.91 Å². The average molecular weight is 302 g/mol. The fraction of sp³-hybridized carbons (Fsp3) is 0.562. The predicted octanol–water partition coefficient (Wildman–Crippen LogP) is 2.51. The molecule has 1 aliphatic rings. The summed E-state index contributed by atoms with van der Waals surface area (Å²) in [5.74, 6) is 1.27. The molecule has 0 aliphatic heterocycles. The normalized spacial score (nSPS) is 18.8. The van der Waals surface area contributed by atoms with Crippen LogP contribution in [0.2, 0.25) is 0 Å². The summed E-state index contributed by atoms with van der Waals surface area (Å²) in [7, 11) is 0. The van der Waals surface area contributed by atoms with E-state index in [0.717, 1.165) is 42.8 Å². The number of hydrogen-bond acceptors (Lipinski definition) is 4. The van der Waals surface area contributed by atoms with Crippen LogP contribution in [0.4, 0.5) is 0 Å². The third kappa shape index (κ3) is 2.65. The molecule has 2 aromatic heterocycles. The first-order chi connectivity index (χ1) is 10.6. The van der Waals surface area contributed by atoms with Gasteiger partial charge in [0, 0.05) is 24.7 Å². The van der Waals surface area contributed by atoms with Crippen LogP contribution in [-0.2, 0) is 19.4 Å². The van der Waals surface area contributed by atoms with Crippen molar-refractivity contribution in [3.8, 4) is 0 Å². The molecular weight excluding hydrogens is 280 g/mol. The SMILES string of the molecule is CCn1nccc1[C@@H](C)NC(=O)c1noc2c1C[C@H](C)CC2. The number of hydrogen-bond donors (Lipinski definition) is 1. The molecule has 3 rings (SSSR count). The Morgan fingerprint density at radius 3 is 3.18 bits per heavy atom. The maximum absolute atomic E-state index is 12.5. The lowest BCUT2D eigenvalue weighted by Crippen LogP contribution is -2.29. The molecule has 118 valence electrons. The third-order valence-electron chi connectivity index (χ3n) is 4.34. The fourth-order valence-corrected chi connectivity index (χ4v) is 3.07. The zero-order valence-electron chi connectivity index (χ0n) is 13.3. The van der Waals surface area contributed by atoms with E-state index in [-0.39, 0.29) is 11.9 Å². The van der Waals surface area contributed by atoms with E-state index in [2.05, 4.69) is 22.5 Å². The highest BCUT2D eigenvalue weighted by atomic mass is 16.5. The molecule has 0 saturated heterocycles. The first-order valence-corrected chi connectivity index (χ1v) is 7.90. The summed E-state index contributed by atoms with van der Waals surface area (Å²) in [5.41, 5.74) is 2.41. The predicted molar refractivity (Wildman–Crippen MR) is 81.5 cm³/mol. The zero-order valence-corrected chi connectivity index (χ0v) is 13.3. The van der Waals surface area contributed by atoms with Gasteiger partial charge in [-0.2, -0.15) is 5.10 Å². The number of fused-ring (bicyclic) bond motifs is 1. The van der Waals surface area contributed by atoms with Crippen molar-refractivity contribution in [2.75, 3.05) is 0 Å². The highest BCUT2D eigenvalue weighted by Crippen LogP contribution is 2.28. The zero-order chi connectivity index (χ0) is 15.7. The molecular formula is C16H22N4O2. The van der Waals surface area contributed by atoms with E-state index in [4.69, 9.17) is 4.52 Å². The molecule has 0 fully saturated rings. The number of nitrogens with zero attached hydrogens (tertiary/aromatic N) is 3. The van der Waals surface area contributed by atoms with E-state index in [1.165, 1.54) is 0 Å². The van der Waals surface area contributed by atoms with Crippen LogP contribution in [0.5, 0.6) is 0 Å². The van der Waals surface area contributed by atoms with E-state index < -0.39 is 0 Å². The minimum atomic E-state index is -0.171. The molecule has 6 nitrogen and oxygen atoms in total. The first-order valence-electron chi connectivity index (χ1n) is 7.90. The van der Waals surface area contributed by atoms with Gasteiger partial charge in [-0.05, 0) is 38.7 Å². The minimum absolute atomic E-state index is 0.122. The molecule has 6 heteroatoms. The van der Waals surface area contributed by atoms with E-state index in [0.29, 0.717) is 11.6 Å². The van der Waals surface area contributed by atoms with Gasteiger partial charge in [-0.3, -0.25) is 9.48 Å². The van der Waals surface area contributed by atoms with Crippen LogP contribution in [0.15, 0.2) is 16.8 Å². The van der Waals surface area contributed by atoms with Gasteiger partial charge in [-0.15, -0.1) is 0 Å². The Hall–Kier alpha value is -2.11. The Balaban J connectivity index is 1.77. The number of rotatable bonds is 4. The van der Waals surface area contributed by atoms with Gasteiger partial charge in [0.15, 0.2) is 5.69 Å². The Labute approximate surface area is 129 Å². The van der Waals surface area contributed by atoms with Crippen molar-refractivity contribution in [2.24, 2.45) is 5.92 Å². The lowest BCUT2D eigenvalue weighted by Gasteiger charge is -2.18. The molecule has 1 N–H and O–H groups in total. The maximum Gasteiger partial charge on any atom is 0.274 e. The highest BCUT2D eigenvalue weighted by Gasteiger charge is 2.27. The maximum atomic E-state index is 12.5. The van der Waals surface area contributed by atoms with Gasteiger partial charge in [0.1, 0.15) is 5.76 Å². The molecule has 0 aromatic carbocycles. The van der Waals surface area contributed by atoms with Crippen molar-refractivity contribution < 1.29 is 9.32 Å². The molecule has 2 aromatic rings. The Kier molecular flexibility index (Phi) is 4.00. The minimum Gasteiger partial charge on any atom is -0.360 e. The van der Waals surface area contributed by atoms with Gasteiger partial charge in [0.2, 0.25) is 0 Å². The van der Waals surface area contributed by atoms with Gasteiger partial charge in [-0.25, -0.2) is 0 Å². The molecule has 0 saturated carbocycles. The summed E-state index contributed by atoms with van der Waals surface area (Å²) in [6, 6.07) is 1.80. The molecule has 2 atom stereocenters. The smallest absolute Gasteiger partial charge is 0.274 e. The summed E-state index contributed by atoms with van der Waals surface area (Å²) in [4.78, 5) is 12.5. The van der Waals surface area contributed by atoms with Crippen LogP contribution in [0, 0.1) is 5.92 Å². The second-order valence-electron chi connectivity index (χ2n) is 6.05. The molecule has 22 heavy (non-hydrogen) atoms.